The number of aromatic nitrogens is 3. The van der Waals surface area contributed by atoms with E-state index in [2.05, 4.69) is 24.8 Å². The number of nitrogens with zero attached hydrogens (tertiary/aromatic N) is 6. The van der Waals surface area contributed by atoms with Crippen molar-refractivity contribution in [3.8, 4) is 17.3 Å². The summed E-state index contributed by atoms with van der Waals surface area (Å²) in [5, 5.41) is 1.45. The first-order valence-corrected chi connectivity index (χ1v) is 14.6. The molecule has 4 aromatic rings. The molecule has 0 atom stereocenters. The van der Waals surface area contributed by atoms with E-state index >= 15 is 8.78 Å². The molecule has 216 valence electrons. The number of ether oxygens (including phenoxy) is 1. The summed E-state index contributed by atoms with van der Waals surface area (Å²) in [7, 11) is 0. The van der Waals surface area contributed by atoms with Crippen molar-refractivity contribution in [2.75, 3.05) is 44.2 Å². The maximum absolute atomic E-state index is 16.6. The summed E-state index contributed by atoms with van der Waals surface area (Å²) in [5.74, 6) is -0.536. The quantitative estimate of drug-likeness (QED) is 0.339. The molecular formula is C32H33F2N7O. The maximum atomic E-state index is 16.6. The summed E-state index contributed by atoms with van der Waals surface area (Å²) >= 11 is 0. The van der Waals surface area contributed by atoms with Gasteiger partial charge in [-0.15, -0.1) is 0 Å². The molecule has 3 aliphatic rings. The van der Waals surface area contributed by atoms with Gasteiger partial charge in [-0.05, 0) is 68.9 Å². The third-order valence-electron chi connectivity index (χ3n) is 8.88. The molecular weight excluding hydrogens is 536 g/mol. The van der Waals surface area contributed by atoms with Crippen molar-refractivity contribution < 1.29 is 13.5 Å². The van der Waals surface area contributed by atoms with Crippen LogP contribution in [0.1, 0.15) is 32.1 Å². The Labute approximate surface area is 242 Å². The third-order valence-corrected chi connectivity index (χ3v) is 8.88. The van der Waals surface area contributed by atoms with Gasteiger partial charge in [-0.2, -0.15) is 9.97 Å². The van der Waals surface area contributed by atoms with Crippen LogP contribution in [0.5, 0.6) is 6.01 Å². The molecule has 2 aromatic heterocycles. The molecule has 2 aromatic carbocycles. The Morgan fingerprint density at radius 3 is 2.62 bits per heavy atom. The Morgan fingerprint density at radius 1 is 1.00 bits per heavy atom. The zero-order valence-corrected chi connectivity index (χ0v) is 23.4. The lowest BCUT2D eigenvalue weighted by Gasteiger charge is -2.31. The second-order valence-corrected chi connectivity index (χ2v) is 11.4. The predicted molar refractivity (Wildman–Crippen MR) is 161 cm³/mol. The number of hydrogen-bond donors (Lipinski definition) is 1. The Hall–Kier alpha value is -4.18. The van der Waals surface area contributed by atoms with E-state index in [4.69, 9.17) is 15.5 Å². The Kier molecular flexibility index (Phi) is 6.93. The highest BCUT2D eigenvalue weighted by Crippen LogP contribution is 2.40. The number of anilines is 1. The first-order chi connectivity index (χ1) is 20.6. The molecule has 7 rings (SSSR count). The van der Waals surface area contributed by atoms with Crippen LogP contribution in [0.25, 0.3) is 32.9 Å². The minimum atomic E-state index is -0.635. The van der Waals surface area contributed by atoms with Gasteiger partial charge < -0.3 is 15.4 Å². The summed E-state index contributed by atoms with van der Waals surface area (Å²) in [5.41, 5.74) is 6.97. The van der Waals surface area contributed by atoms with Crippen LogP contribution in [-0.2, 0) is 0 Å². The lowest BCUT2D eigenvalue weighted by Crippen LogP contribution is -2.43. The summed E-state index contributed by atoms with van der Waals surface area (Å²) in [6.45, 7) is 4.37. The molecule has 2 fully saturated rings. The first kappa shape index (κ1) is 26.7. The van der Waals surface area contributed by atoms with Gasteiger partial charge >= 0.3 is 6.01 Å². The fourth-order valence-electron chi connectivity index (χ4n) is 6.87. The van der Waals surface area contributed by atoms with Gasteiger partial charge in [0.05, 0.1) is 23.2 Å². The molecule has 2 N–H and O–H groups in total. The third kappa shape index (κ3) is 4.63. The topological polar surface area (TPSA) is 92.8 Å². The van der Waals surface area contributed by atoms with Crippen LogP contribution < -0.4 is 15.4 Å². The van der Waals surface area contributed by atoms with E-state index in [1.165, 1.54) is 12.3 Å². The van der Waals surface area contributed by atoms with Crippen LogP contribution in [0, 0.1) is 11.6 Å². The molecule has 0 spiro atoms. The average molecular weight is 570 g/mol. The predicted octanol–water partition coefficient (Wildman–Crippen LogP) is 5.25. The highest BCUT2D eigenvalue weighted by atomic mass is 19.1. The molecule has 10 heteroatoms. The van der Waals surface area contributed by atoms with E-state index in [-0.39, 0.29) is 22.8 Å². The largest absolute Gasteiger partial charge is 0.461 e. The second kappa shape index (κ2) is 10.9. The van der Waals surface area contributed by atoms with Gasteiger partial charge in [0.25, 0.3) is 0 Å². The number of halogens is 2. The minimum absolute atomic E-state index is 0.0186. The van der Waals surface area contributed by atoms with Crippen LogP contribution in [0.4, 0.5) is 14.6 Å². The molecule has 0 aliphatic carbocycles. The van der Waals surface area contributed by atoms with E-state index < -0.39 is 11.6 Å². The standard InChI is InChI=1S/C32H33F2N7O/c33-25-9-2-7-21-6-1-8-23(26(21)25)28-27(34)29-24(18-37-28)30(40-15-5-14-36-22(19-40)10-13-35)39-31(38-29)42-20-32-11-3-16-41(32)17-4-12-32/h1-2,6-10,13,18H,3-5,11-12,14-17,19-20,35H2. The van der Waals surface area contributed by atoms with Crippen molar-refractivity contribution in [2.45, 2.75) is 37.6 Å². The smallest absolute Gasteiger partial charge is 0.319 e. The number of nitrogens with two attached hydrogens (primary N) is 1. The molecule has 0 saturated carbocycles. The summed E-state index contributed by atoms with van der Waals surface area (Å²) < 4.78 is 37.9. The Bertz CT molecular complexity index is 1710. The van der Waals surface area contributed by atoms with Gasteiger partial charge in [0.1, 0.15) is 29.5 Å². The molecule has 0 amide bonds. The second-order valence-electron chi connectivity index (χ2n) is 11.4. The number of pyridine rings is 1. The summed E-state index contributed by atoms with van der Waals surface area (Å²) in [4.78, 5) is 23.2. The van der Waals surface area contributed by atoms with Gasteiger partial charge in [0.15, 0.2) is 5.82 Å². The van der Waals surface area contributed by atoms with Crippen LogP contribution in [-0.4, -0.2) is 70.4 Å². The maximum Gasteiger partial charge on any atom is 0.319 e. The average Bonchev–Trinajstić information content (AvgIpc) is 3.50. The zero-order valence-electron chi connectivity index (χ0n) is 23.4. The van der Waals surface area contributed by atoms with Crippen LogP contribution in [0.3, 0.4) is 0 Å². The first-order valence-electron chi connectivity index (χ1n) is 14.6. The van der Waals surface area contributed by atoms with Crippen LogP contribution in [0.15, 0.2) is 59.9 Å². The van der Waals surface area contributed by atoms with Gasteiger partial charge in [0.2, 0.25) is 0 Å². The molecule has 3 aliphatic heterocycles. The summed E-state index contributed by atoms with van der Waals surface area (Å²) in [6.07, 6.45) is 10.1. The highest BCUT2D eigenvalue weighted by Gasteiger charge is 2.45. The minimum Gasteiger partial charge on any atom is -0.461 e. The highest BCUT2D eigenvalue weighted by molar-refractivity contribution is 6.01. The lowest BCUT2D eigenvalue weighted by atomic mass is 9.95. The summed E-state index contributed by atoms with van der Waals surface area (Å²) in [6, 6.07) is 10.2. The number of hydrogen-bond acceptors (Lipinski definition) is 8. The van der Waals surface area contributed by atoms with E-state index in [0.717, 1.165) is 50.9 Å². The van der Waals surface area contributed by atoms with Crippen LogP contribution in [0.2, 0.25) is 0 Å². The van der Waals surface area contributed by atoms with Crippen molar-refractivity contribution in [2.24, 2.45) is 10.7 Å². The Morgan fingerprint density at radius 2 is 1.81 bits per heavy atom. The van der Waals surface area contributed by atoms with E-state index in [1.54, 1.807) is 42.6 Å². The lowest BCUT2D eigenvalue weighted by molar-refractivity contribution is 0.108. The van der Waals surface area contributed by atoms with Gasteiger partial charge in [-0.3, -0.25) is 14.9 Å². The van der Waals surface area contributed by atoms with Gasteiger partial charge in [0, 0.05) is 30.2 Å². The van der Waals surface area contributed by atoms with Crippen molar-refractivity contribution in [1.29, 1.82) is 0 Å². The number of aliphatic imine (C=N–C) groups is 1. The fraction of sp³-hybridized carbons (Fsp3) is 0.375. The normalized spacial score (nSPS) is 19.0. The molecule has 42 heavy (non-hydrogen) atoms. The van der Waals surface area contributed by atoms with E-state index in [1.807, 2.05) is 0 Å². The monoisotopic (exact) mass is 569 g/mol. The molecule has 0 bridgehead atoms. The molecule has 0 radical (unpaired) electrons. The fourth-order valence-corrected chi connectivity index (χ4v) is 6.87. The van der Waals surface area contributed by atoms with Crippen LogP contribution >= 0.6 is 0 Å². The SMILES string of the molecule is NC=CC1=NCCCN(c2nc(OCC34CCCN3CCC4)nc3c(F)c(-c4cccc5cccc(F)c45)ncc23)C1. The number of fused-ring (bicyclic) bond motifs is 3. The van der Waals surface area contributed by atoms with E-state index in [0.29, 0.717) is 53.8 Å². The van der Waals surface area contributed by atoms with Crippen molar-refractivity contribution in [3.05, 3.63) is 66.5 Å². The van der Waals surface area contributed by atoms with Crippen molar-refractivity contribution >= 4 is 33.2 Å². The molecule has 0 unspecified atom stereocenters. The number of benzene rings is 2. The van der Waals surface area contributed by atoms with Crippen molar-refractivity contribution in [1.82, 2.24) is 19.9 Å². The van der Waals surface area contributed by atoms with Gasteiger partial charge in [-0.25, -0.2) is 8.78 Å². The molecule has 2 saturated heterocycles. The van der Waals surface area contributed by atoms with Crippen molar-refractivity contribution in [3.63, 3.8) is 0 Å². The van der Waals surface area contributed by atoms with Gasteiger partial charge in [-0.1, -0.05) is 30.3 Å². The zero-order chi connectivity index (χ0) is 28.7. The Balaban J connectivity index is 1.36. The van der Waals surface area contributed by atoms with E-state index in [9.17, 15) is 0 Å². The molecule has 8 nitrogen and oxygen atoms in total. The molecule has 5 heterocycles. The number of rotatable bonds is 6.